The van der Waals surface area contributed by atoms with E-state index in [0.717, 1.165) is 3.79 Å². The number of nitrogens with one attached hydrogen (secondary N) is 1. The first-order valence-electron chi connectivity index (χ1n) is 4.19. The second kappa shape index (κ2) is 4.32. The molecular weight excluding hydrogens is 280 g/mol. The molecule has 15 heavy (non-hydrogen) atoms. The van der Waals surface area contributed by atoms with Crippen molar-refractivity contribution in [3.8, 4) is 0 Å². The van der Waals surface area contributed by atoms with E-state index in [4.69, 9.17) is 5.73 Å². The Morgan fingerprint density at radius 1 is 1.53 bits per heavy atom. The summed E-state index contributed by atoms with van der Waals surface area (Å²) in [6.45, 7) is 3.13. The molecule has 6 heteroatoms. The van der Waals surface area contributed by atoms with Crippen LogP contribution in [0.3, 0.4) is 0 Å². The van der Waals surface area contributed by atoms with Crippen molar-refractivity contribution in [2.24, 2.45) is 5.73 Å². The molecule has 0 aliphatic heterocycles. The molecule has 0 saturated carbocycles. The molecular formula is C9H11BrN2O2S. The second-order valence-electron chi connectivity index (χ2n) is 3.58. The fourth-order valence-corrected chi connectivity index (χ4v) is 1.98. The van der Waals surface area contributed by atoms with Gasteiger partial charge in [-0.2, -0.15) is 0 Å². The SMILES string of the molecule is CC(C)(NC(=O)c1csc(Br)c1)C(N)=O. The van der Waals surface area contributed by atoms with Crippen LogP contribution in [-0.4, -0.2) is 17.4 Å². The maximum atomic E-state index is 11.6. The zero-order valence-corrected chi connectivity index (χ0v) is 10.7. The van der Waals surface area contributed by atoms with Crippen LogP contribution in [-0.2, 0) is 4.79 Å². The number of primary amides is 1. The summed E-state index contributed by atoms with van der Waals surface area (Å²) >= 11 is 4.66. The molecule has 1 rings (SSSR count). The van der Waals surface area contributed by atoms with Gasteiger partial charge in [0.15, 0.2) is 0 Å². The summed E-state index contributed by atoms with van der Waals surface area (Å²) < 4.78 is 0.865. The number of hydrogen-bond donors (Lipinski definition) is 2. The van der Waals surface area contributed by atoms with Gasteiger partial charge in [0.25, 0.3) is 5.91 Å². The van der Waals surface area contributed by atoms with Crippen LogP contribution in [0.25, 0.3) is 0 Å². The topological polar surface area (TPSA) is 72.2 Å². The van der Waals surface area contributed by atoms with Gasteiger partial charge in [-0.25, -0.2) is 0 Å². The predicted molar refractivity (Wildman–Crippen MR) is 62.8 cm³/mol. The first-order valence-corrected chi connectivity index (χ1v) is 5.86. The fourth-order valence-electron chi connectivity index (χ4n) is 0.847. The zero-order chi connectivity index (χ0) is 11.6. The molecule has 0 aromatic carbocycles. The monoisotopic (exact) mass is 290 g/mol. The zero-order valence-electron chi connectivity index (χ0n) is 8.33. The Kier molecular flexibility index (Phi) is 3.51. The first-order chi connectivity index (χ1) is 6.83. The number of nitrogens with two attached hydrogens (primary N) is 1. The van der Waals surface area contributed by atoms with Crippen molar-refractivity contribution in [2.75, 3.05) is 0 Å². The molecule has 1 aromatic heterocycles. The number of amides is 2. The lowest BCUT2D eigenvalue weighted by Crippen LogP contribution is -2.52. The van der Waals surface area contributed by atoms with Gasteiger partial charge in [0, 0.05) is 5.38 Å². The third kappa shape index (κ3) is 3.04. The minimum absolute atomic E-state index is 0.305. The molecule has 2 amide bonds. The number of carbonyl (C=O) groups excluding carboxylic acids is 2. The lowest BCUT2D eigenvalue weighted by Gasteiger charge is -2.21. The van der Waals surface area contributed by atoms with Crippen molar-refractivity contribution < 1.29 is 9.59 Å². The minimum atomic E-state index is -1.04. The third-order valence-electron chi connectivity index (χ3n) is 1.87. The number of carbonyl (C=O) groups is 2. The molecule has 1 aromatic rings. The Labute approximate surface area is 100.0 Å². The molecule has 0 aliphatic carbocycles. The van der Waals surface area contributed by atoms with E-state index < -0.39 is 11.4 Å². The van der Waals surface area contributed by atoms with Crippen LogP contribution < -0.4 is 11.1 Å². The van der Waals surface area contributed by atoms with Gasteiger partial charge in [-0.3, -0.25) is 9.59 Å². The lowest BCUT2D eigenvalue weighted by atomic mass is 10.0. The summed E-state index contributed by atoms with van der Waals surface area (Å²) in [6, 6.07) is 1.69. The second-order valence-corrected chi connectivity index (χ2v) is 5.87. The van der Waals surface area contributed by atoms with E-state index in [9.17, 15) is 9.59 Å². The van der Waals surface area contributed by atoms with Crippen molar-refractivity contribution in [3.05, 3.63) is 20.8 Å². The van der Waals surface area contributed by atoms with E-state index >= 15 is 0 Å². The van der Waals surface area contributed by atoms with E-state index in [1.54, 1.807) is 25.3 Å². The average molecular weight is 291 g/mol. The highest BCUT2D eigenvalue weighted by Crippen LogP contribution is 2.20. The van der Waals surface area contributed by atoms with Gasteiger partial charge in [-0.1, -0.05) is 0 Å². The standard InChI is InChI=1S/C9H11BrN2O2S/c1-9(2,8(11)14)12-7(13)5-3-6(10)15-4-5/h3-4H,1-2H3,(H2,11,14)(H,12,13). The Morgan fingerprint density at radius 2 is 2.13 bits per heavy atom. The highest BCUT2D eigenvalue weighted by atomic mass is 79.9. The maximum absolute atomic E-state index is 11.6. The molecule has 0 spiro atoms. The maximum Gasteiger partial charge on any atom is 0.253 e. The molecule has 0 bridgehead atoms. The highest BCUT2D eigenvalue weighted by molar-refractivity contribution is 9.11. The smallest absolute Gasteiger partial charge is 0.253 e. The Hall–Kier alpha value is -0.880. The number of hydrogen-bond acceptors (Lipinski definition) is 3. The van der Waals surface area contributed by atoms with Gasteiger partial charge in [-0.05, 0) is 35.8 Å². The van der Waals surface area contributed by atoms with Crippen LogP contribution in [0.2, 0.25) is 0 Å². The molecule has 0 radical (unpaired) electrons. The van der Waals surface area contributed by atoms with E-state index in [1.807, 2.05) is 0 Å². The molecule has 3 N–H and O–H groups in total. The van der Waals surface area contributed by atoms with Crippen LogP contribution in [0.4, 0.5) is 0 Å². The van der Waals surface area contributed by atoms with E-state index in [1.165, 1.54) is 11.3 Å². The summed E-state index contributed by atoms with van der Waals surface area (Å²) in [7, 11) is 0. The minimum Gasteiger partial charge on any atom is -0.368 e. The lowest BCUT2D eigenvalue weighted by molar-refractivity contribution is -0.122. The Bertz CT molecular complexity index is 401. The van der Waals surface area contributed by atoms with Crippen LogP contribution in [0.15, 0.2) is 15.2 Å². The van der Waals surface area contributed by atoms with E-state index in [0.29, 0.717) is 5.56 Å². The molecule has 0 aliphatic rings. The van der Waals surface area contributed by atoms with Crippen LogP contribution in [0.5, 0.6) is 0 Å². The van der Waals surface area contributed by atoms with Gasteiger partial charge < -0.3 is 11.1 Å². The fraction of sp³-hybridized carbons (Fsp3) is 0.333. The normalized spacial score (nSPS) is 11.1. The third-order valence-corrected chi connectivity index (χ3v) is 3.38. The van der Waals surface area contributed by atoms with Gasteiger partial charge >= 0.3 is 0 Å². The number of rotatable bonds is 3. The molecule has 4 nitrogen and oxygen atoms in total. The molecule has 0 unspecified atom stereocenters. The Morgan fingerprint density at radius 3 is 2.53 bits per heavy atom. The molecule has 82 valence electrons. The van der Waals surface area contributed by atoms with Crippen LogP contribution in [0, 0.1) is 0 Å². The van der Waals surface area contributed by atoms with Crippen molar-refractivity contribution in [1.29, 1.82) is 0 Å². The number of thiophene rings is 1. The van der Waals surface area contributed by atoms with Gasteiger partial charge in [0.1, 0.15) is 5.54 Å². The van der Waals surface area contributed by atoms with Crippen molar-refractivity contribution >= 4 is 39.1 Å². The summed E-state index contributed by atoms with van der Waals surface area (Å²) in [6.07, 6.45) is 0. The Balaban J connectivity index is 2.76. The summed E-state index contributed by atoms with van der Waals surface area (Å²) in [5.74, 6) is -0.870. The summed E-state index contributed by atoms with van der Waals surface area (Å²) in [5.41, 5.74) is 4.62. The predicted octanol–water partition coefficient (Wildman–Crippen LogP) is 1.50. The largest absolute Gasteiger partial charge is 0.368 e. The van der Waals surface area contributed by atoms with Crippen LogP contribution >= 0.6 is 27.3 Å². The number of halogens is 1. The van der Waals surface area contributed by atoms with Crippen molar-refractivity contribution in [3.63, 3.8) is 0 Å². The molecule has 0 saturated heterocycles. The summed E-state index contributed by atoms with van der Waals surface area (Å²) in [5, 5.41) is 4.26. The average Bonchev–Trinajstić information content (AvgIpc) is 2.50. The first kappa shape index (κ1) is 12.2. The highest BCUT2D eigenvalue weighted by Gasteiger charge is 2.27. The summed E-state index contributed by atoms with van der Waals surface area (Å²) in [4.78, 5) is 22.6. The van der Waals surface area contributed by atoms with Gasteiger partial charge in [0.05, 0.1) is 9.35 Å². The van der Waals surface area contributed by atoms with Gasteiger partial charge in [-0.15, -0.1) is 11.3 Å². The van der Waals surface area contributed by atoms with E-state index in [-0.39, 0.29) is 5.91 Å². The molecule has 0 atom stereocenters. The van der Waals surface area contributed by atoms with Crippen molar-refractivity contribution in [2.45, 2.75) is 19.4 Å². The van der Waals surface area contributed by atoms with E-state index in [2.05, 4.69) is 21.2 Å². The quantitative estimate of drug-likeness (QED) is 0.886. The van der Waals surface area contributed by atoms with Gasteiger partial charge in [0.2, 0.25) is 5.91 Å². The molecule has 1 heterocycles. The van der Waals surface area contributed by atoms with Crippen LogP contribution in [0.1, 0.15) is 24.2 Å². The molecule has 0 fully saturated rings. The van der Waals surface area contributed by atoms with Crippen molar-refractivity contribution in [1.82, 2.24) is 5.32 Å².